The number of hydrogen-bond donors (Lipinski definition) is 2. The molecule has 1 fully saturated rings. The second kappa shape index (κ2) is 5.47. The van der Waals surface area contributed by atoms with Crippen molar-refractivity contribution in [3.63, 3.8) is 0 Å². The number of hydrogen-bond acceptors (Lipinski definition) is 4. The van der Waals surface area contributed by atoms with Crippen LogP contribution in [0.2, 0.25) is 5.02 Å². The molecule has 1 aliphatic heterocycles. The molecule has 2 N–H and O–H groups in total. The molecule has 16 heavy (non-hydrogen) atoms. The average Bonchev–Trinajstić information content (AvgIpc) is 2.74. The van der Waals surface area contributed by atoms with E-state index in [1.807, 2.05) is 11.4 Å². The molecule has 0 spiro atoms. The van der Waals surface area contributed by atoms with Crippen molar-refractivity contribution < 1.29 is 9.84 Å². The van der Waals surface area contributed by atoms with Gasteiger partial charge in [-0.3, -0.25) is 0 Å². The summed E-state index contributed by atoms with van der Waals surface area (Å²) in [6.45, 7) is 2.37. The fourth-order valence-corrected chi connectivity index (χ4v) is 2.89. The molecule has 1 aromatic heterocycles. The van der Waals surface area contributed by atoms with Crippen LogP contribution in [0.15, 0.2) is 11.4 Å². The fraction of sp³-hybridized carbons (Fsp3) is 0.636. The molecule has 3 nitrogen and oxygen atoms in total. The second-order valence-electron chi connectivity index (χ2n) is 4.14. The molecule has 0 unspecified atom stereocenters. The molecule has 0 saturated carbocycles. The van der Waals surface area contributed by atoms with Crippen molar-refractivity contribution in [2.45, 2.75) is 24.9 Å². The molecule has 1 saturated heterocycles. The van der Waals surface area contributed by atoms with Crippen LogP contribution in [0.25, 0.3) is 0 Å². The summed E-state index contributed by atoms with van der Waals surface area (Å²) < 4.78 is 5.31. The summed E-state index contributed by atoms with van der Waals surface area (Å²) in [6, 6.07) is 1.96. The Morgan fingerprint density at radius 1 is 1.50 bits per heavy atom. The number of ether oxygens (including phenoxy) is 1. The van der Waals surface area contributed by atoms with Gasteiger partial charge in [0.1, 0.15) is 0 Å². The van der Waals surface area contributed by atoms with E-state index in [4.69, 9.17) is 16.3 Å². The third-order valence-electron chi connectivity index (χ3n) is 3.01. The first-order valence-corrected chi connectivity index (χ1v) is 6.66. The number of aliphatic hydroxyl groups is 1. The monoisotopic (exact) mass is 261 g/mol. The summed E-state index contributed by atoms with van der Waals surface area (Å²) in [7, 11) is 0. The minimum absolute atomic E-state index is 0.162. The Hall–Kier alpha value is -0.130. The van der Waals surface area contributed by atoms with Crippen LogP contribution in [-0.2, 0) is 11.3 Å². The predicted octanol–water partition coefficient (Wildman–Crippen LogP) is 2.03. The van der Waals surface area contributed by atoms with Crippen molar-refractivity contribution in [1.29, 1.82) is 0 Å². The van der Waals surface area contributed by atoms with E-state index in [0.717, 1.165) is 37.6 Å². The lowest BCUT2D eigenvalue weighted by Gasteiger charge is -2.36. The molecular formula is C11H16ClNO2S. The van der Waals surface area contributed by atoms with Gasteiger partial charge in [-0.05, 0) is 18.9 Å². The minimum atomic E-state index is -0.172. The molecule has 2 rings (SSSR count). The van der Waals surface area contributed by atoms with Gasteiger partial charge in [0.15, 0.2) is 0 Å². The number of nitrogens with one attached hydrogen (secondary N) is 1. The Morgan fingerprint density at radius 3 is 2.81 bits per heavy atom. The van der Waals surface area contributed by atoms with Gasteiger partial charge in [0.25, 0.3) is 0 Å². The lowest BCUT2D eigenvalue weighted by molar-refractivity contribution is 0.0113. The Morgan fingerprint density at radius 2 is 2.25 bits per heavy atom. The van der Waals surface area contributed by atoms with Crippen LogP contribution < -0.4 is 5.32 Å². The summed E-state index contributed by atoms with van der Waals surface area (Å²) >= 11 is 7.50. The average molecular weight is 262 g/mol. The van der Waals surface area contributed by atoms with Crippen molar-refractivity contribution in [3.8, 4) is 0 Å². The molecular weight excluding hydrogens is 246 g/mol. The summed E-state index contributed by atoms with van der Waals surface area (Å²) in [5, 5.41) is 15.6. The van der Waals surface area contributed by atoms with Gasteiger partial charge < -0.3 is 15.2 Å². The number of rotatable bonds is 4. The smallest absolute Gasteiger partial charge is 0.0615 e. The zero-order chi connectivity index (χ0) is 11.4. The van der Waals surface area contributed by atoms with E-state index in [9.17, 15) is 5.11 Å². The van der Waals surface area contributed by atoms with E-state index >= 15 is 0 Å². The van der Waals surface area contributed by atoms with Gasteiger partial charge >= 0.3 is 0 Å². The molecule has 0 bridgehead atoms. The first-order valence-electron chi connectivity index (χ1n) is 5.41. The Bertz CT molecular complexity index is 336. The Kier molecular flexibility index (Phi) is 4.21. The van der Waals surface area contributed by atoms with Crippen molar-refractivity contribution in [2.75, 3.05) is 19.8 Å². The summed E-state index contributed by atoms with van der Waals surface area (Å²) in [5.74, 6) is 0. The van der Waals surface area contributed by atoms with Crippen LogP contribution in [0.1, 0.15) is 17.7 Å². The van der Waals surface area contributed by atoms with Gasteiger partial charge in [0, 0.05) is 35.6 Å². The SMILES string of the molecule is OCC1(NCc2cc(Cl)cs2)CCOCC1. The van der Waals surface area contributed by atoms with Gasteiger partial charge in [-0.2, -0.15) is 0 Å². The largest absolute Gasteiger partial charge is 0.394 e. The topological polar surface area (TPSA) is 41.5 Å². The lowest BCUT2D eigenvalue weighted by Crippen LogP contribution is -2.51. The molecule has 2 heterocycles. The van der Waals surface area contributed by atoms with E-state index in [0.29, 0.717) is 0 Å². The number of thiophene rings is 1. The highest BCUT2D eigenvalue weighted by atomic mass is 35.5. The van der Waals surface area contributed by atoms with E-state index in [1.165, 1.54) is 4.88 Å². The van der Waals surface area contributed by atoms with Crippen LogP contribution in [0.3, 0.4) is 0 Å². The molecule has 0 atom stereocenters. The highest BCUT2D eigenvalue weighted by molar-refractivity contribution is 7.10. The molecule has 1 aliphatic rings. The number of halogens is 1. The molecule has 0 aromatic carbocycles. The van der Waals surface area contributed by atoms with Crippen molar-refractivity contribution in [2.24, 2.45) is 0 Å². The maximum atomic E-state index is 9.48. The first-order chi connectivity index (χ1) is 7.74. The summed E-state index contributed by atoms with van der Waals surface area (Å²) in [4.78, 5) is 1.20. The van der Waals surface area contributed by atoms with Crippen LogP contribution >= 0.6 is 22.9 Å². The standard InChI is InChI=1S/C11H16ClNO2S/c12-9-5-10(16-7-9)6-13-11(8-14)1-3-15-4-2-11/h5,7,13-14H,1-4,6,8H2. The van der Waals surface area contributed by atoms with Crippen LogP contribution in [-0.4, -0.2) is 30.5 Å². The van der Waals surface area contributed by atoms with E-state index in [2.05, 4.69) is 5.32 Å². The highest BCUT2D eigenvalue weighted by Gasteiger charge is 2.31. The summed E-state index contributed by atoms with van der Waals surface area (Å²) in [5.41, 5.74) is -0.172. The van der Waals surface area contributed by atoms with Gasteiger partial charge in [0.2, 0.25) is 0 Å². The van der Waals surface area contributed by atoms with Crippen molar-refractivity contribution in [1.82, 2.24) is 5.32 Å². The zero-order valence-corrected chi connectivity index (χ0v) is 10.6. The van der Waals surface area contributed by atoms with Crippen molar-refractivity contribution in [3.05, 3.63) is 21.3 Å². The van der Waals surface area contributed by atoms with E-state index in [1.54, 1.807) is 11.3 Å². The third kappa shape index (κ3) is 2.96. The molecule has 0 aliphatic carbocycles. The van der Waals surface area contributed by atoms with Gasteiger partial charge in [-0.25, -0.2) is 0 Å². The Balaban J connectivity index is 1.91. The maximum Gasteiger partial charge on any atom is 0.0615 e. The molecule has 0 amide bonds. The molecule has 0 radical (unpaired) electrons. The first kappa shape index (κ1) is 12.3. The molecule has 1 aromatic rings. The highest BCUT2D eigenvalue weighted by Crippen LogP contribution is 2.23. The quantitative estimate of drug-likeness (QED) is 0.872. The third-order valence-corrected chi connectivity index (χ3v) is 4.30. The predicted molar refractivity (Wildman–Crippen MR) is 66.0 cm³/mol. The van der Waals surface area contributed by atoms with Gasteiger partial charge in [-0.1, -0.05) is 11.6 Å². The fourth-order valence-electron chi connectivity index (χ4n) is 1.87. The zero-order valence-electron chi connectivity index (χ0n) is 9.04. The summed E-state index contributed by atoms with van der Waals surface area (Å²) in [6.07, 6.45) is 1.73. The van der Waals surface area contributed by atoms with E-state index in [-0.39, 0.29) is 12.1 Å². The van der Waals surface area contributed by atoms with Gasteiger partial charge in [0.05, 0.1) is 11.6 Å². The van der Waals surface area contributed by atoms with Crippen LogP contribution in [0.4, 0.5) is 0 Å². The minimum Gasteiger partial charge on any atom is -0.394 e. The second-order valence-corrected chi connectivity index (χ2v) is 5.57. The van der Waals surface area contributed by atoms with Crippen LogP contribution in [0.5, 0.6) is 0 Å². The van der Waals surface area contributed by atoms with E-state index < -0.39 is 0 Å². The normalized spacial score (nSPS) is 19.9. The van der Waals surface area contributed by atoms with Gasteiger partial charge in [-0.15, -0.1) is 11.3 Å². The molecule has 90 valence electrons. The maximum absolute atomic E-state index is 9.48. The molecule has 5 heteroatoms. The Labute approximate surface area is 104 Å². The number of aliphatic hydroxyl groups excluding tert-OH is 1. The van der Waals surface area contributed by atoms with Crippen LogP contribution in [0, 0.1) is 0 Å². The lowest BCUT2D eigenvalue weighted by atomic mass is 9.91. The van der Waals surface area contributed by atoms with Crippen molar-refractivity contribution >= 4 is 22.9 Å².